The molecule has 0 N–H and O–H groups in total. The summed E-state index contributed by atoms with van der Waals surface area (Å²) in [7, 11) is 0. The topological polar surface area (TPSA) is 3.24 Å². The second-order valence-electron chi connectivity index (χ2n) is 16.0. The van der Waals surface area contributed by atoms with E-state index in [4.69, 9.17) is 0 Å². The minimum absolute atomic E-state index is 1.10. The minimum Gasteiger partial charge on any atom is -0.309 e. The molecule has 0 unspecified atom stereocenters. The van der Waals surface area contributed by atoms with Crippen molar-refractivity contribution in [2.24, 2.45) is 0 Å². The van der Waals surface area contributed by atoms with E-state index in [9.17, 15) is 0 Å². The molecule has 0 aromatic heterocycles. The number of nitrogens with zero attached hydrogens (tertiary/aromatic N) is 1. The van der Waals surface area contributed by atoms with E-state index >= 15 is 0 Å². The van der Waals surface area contributed by atoms with Crippen LogP contribution in [0.2, 0.25) is 0 Å². The first-order chi connectivity index (χ1) is 30.3. The van der Waals surface area contributed by atoms with Gasteiger partial charge in [0.25, 0.3) is 0 Å². The van der Waals surface area contributed by atoms with Crippen LogP contribution < -0.4 is 4.90 Å². The highest BCUT2D eigenvalue weighted by Gasteiger charge is 2.21. The van der Waals surface area contributed by atoms with Crippen molar-refractivity contribution in [3.8, 4) is 33.4 Å². The highest BCUT2D eigenvalue weighted by atomic mass is 15.1. The Kier molecular flexibility index (Phi) is 8.25. The molecule has 0 radical (unpaired) electrons. The van der Waals surface area contributed by atoms with Crippen LogP contribution in [0, 0.1) is 0 Å². The van der Waals surface area contributed by atoms with Crippen LogP contribution >= 0.6 is 0 Å². The van der Waals surface area contributed by atoms with Gasteiger partial charge in [-0.25, -0.2) is 0 Å². The Balaban J connectivity index is 1.07. The maximum atomic E-state index is 2.46. The fourth-order valence-electron chi connectivity index (χ4n) is 9.83. The first-order valence-electron chi connectivity index (χ1n) is 21.1. The van der Waals surface area contributed by atoms with Crippen LogP contribution in [-0.2, 0) is 0 Å². The Hall–Kier alpha value is -8.00. The fourth-order valence-corrected chi connectivity index (χ4v) is 9.83. The smallest absolute Gasteiger partial charge is 0.0540 e. The van der Waals surface area contributed by atoms with Crippen LogP contribution in [-0.4, -0.2) is 0 Å². The Morgan fingerprint density at radius 1 is 0.213 bits per heavy atom. The van der Waals surface area contributed by atoms with Crippen molar-refractivity contribution in [2.75, 3.05) is 4.90 Å². The maximum Gasteiger partial charge on any atom is 0.0540 e. The molecule has 12 rings (SSSR count). The van der Waals surface area contributed by atoms with Gasteiger partial charge >= 0.3 is 0 Å². The lowest BCUT2D eigenvalue weighted by Gasteiger charge is -2.28. The summed E-state index contributed by atoms with van der Waals surface area (Å²) in [6.07, 6.45) is 0. The molecule has 0 aliphatic heterocycles. The molecule has 284 valence electrons. The molecular formula is C60H39N. The lowest BCUT2D eigenvalue weighted by Crippen LogP contribution is -2.11. The molecule has 0 aliphatic rings. The molecule has 0 saturated carbocycles. The van der Waals surface area contributed by atoms with Gasteiger partial charge in [0, 0.05) is 16.5 Å². The van der Waals surface area contributed by atoms with E-state index in [1.165, 1.54) is 98.0 Å². The van der Waals surface area contributed by atoms with Crippen molar-refractivity contribution in [1.29, 1.82) is 0 Å². The molecule has 0 saturated heterocycles. The summed E-state index contributed by atoms with van der Waals surface area (Å²) < 4.78 is 0. The molecule has 0 amide bonds. The average Bonchev–Trinajstić information content (AvgIpc) is 3.34. The van der Waals surface area contributed by atoms with Crippen LogP contribution in [0.15, 0.2) is 237 Å². The molecule has 1 nitrogen and oxygen atoms in total. The summed E-state index contributed by atoms with van der Waals surface area (Å²) in [6.45, 7) is 0. The van der Waals surface area contributed by atoms with Crippen molar-refractivity contribution < 1.29 is 0 Å². The summed E-state index contributed by atoms with van der Waals surface area (Å²) >= 11 is 0. The molecule has 0 heterocycles. The van der Waals surface area contributed by atoms with Crippen molar-refractivity contribution in [2.45, 2.75) is 0 Å². The third-order valence-corrected chi connectivity index (χ3v) is 12.6. The normalized spacial score (nSPS) is 11.6. The second kappa shape index (κ2) is 14.4. The van der Waals surface area contributed by atoms with E-state index in [0.717, 1.165) is 17.1 Å². The van der Waals surface area contributed by atoms with E-state index in [2.05, 4.69) is 241 Å². The lowest BCUT2D eigenvalue weighted by atomic mass is 9.84. The largest absolute Gasteiger partial charge is 0.309 e. The van der Waals surface area contributed by atoms with E-state index in [1.807, 2.05) is 0 Å². The summed E-state index contributed by atoms with van der Waals surface area (Å²) in [5, 5.41) is 15.0. The number of benzene rings is 12. The van der Waals surface area contributed by atoms with Gasteiger partial charge in [-0.15, -0.1) is 0 Å². The van der Waals surface area contributed by atoms with E-state index in [-0.39, 0.29) is 0 Å². The summed E-state index contributed by atoms with van der Waals surface area (Å²) in [4.78, 5) is 2.46. The Morgan fingerprint density at radius 3 is 1.20 bits per heavy atom. The number of hydrogen-bond acceptors (Lipinski definition) is 1. The molecule has 61 heavy (non-hydrogen) atoms. The van der Waals surface area contributed by atoms with Gasteiger partial charge < -0.3 is 4.90 Å². The predicted molar refractivity (Wildman–Crippen MR) is 262 cm³/mol. The Labute approximate surface area is 355 Å². The lowest BCUT2D eigenvalue weighted by molar-refractivity contribution is 1.31. The van der Waals surface area contributed by atoms with Gasteiger partial charge in [0.05, 0.1) is 11.4 Å². The van der Waals surface area contributed by atoms with E-state index < -0.39 is 0 Å². The third kappa shape index (κ3) is 5.78. The molecule has 0 spiro atoms. The van der Waals surface area contributed by atoms with E-state index in [1.54, 1.807) is 0 Å². The zero-order chi connectivity index (χ0) is 40.3. The van der Waals surface area contributed by atoms with Crippen LogP contribution in [0.25, 0.3) is 98.0 Å². The number of rotatable bonds is 6. The van der Waals surface area contributed by atoms with Crippen molar-refractivity contribution in [3.63, 3.8) is 0 Å². The van der Waals surface area contributed by atoms with Crippen LogP contribution in [0.1, 0.15) is 0 Å². The fraction of sp³-hybridized carbons (Fsp3) is 0. The van der Waals surface area contributed by atoms with Gasteiger partial charge in [-0.05, 0) is 118 Å². The zero-order valence-corrected chi connectivity index (χ0v) is 33.5. The first-order valence-corrected chi connectivity index (χ1v) is 21.1. The highest BCUT2D eigenvalue weighted by molar-refractivity contribution is 6.22. The molecule has 0 atom stereocenters. The molecule has 12 aromatic rings. The first kappa shape index (κ1) is 35.0. The number of anilines is 3. The Bertz CT molecular complexity index is 3510. The number of fused-ring (bicyclic) bond motifs is 9. The van der Waals surface area contributed by atoms with Crippen LogP contribution in [0.4, 0.5) is 17.1 Å². The molecule has 0 aliphatic carbocycles. The van der Waals surface area contributed by atoms with Crippen LogP contribution in [0.5, 0.6) is 0 Å². The monoisotopic (exact) mass is 773 g/mol. The molecule has 0 bridgehead atoms. The molecule has 0 fully saturated rings. The zero-order valence-electron chi connectivity index (χ0n) is 33.5. The summed E-state index contributed by atoms with van der Waals surface area (Å²) in [5.74, 6) is 0. The van der Waals surface area contributed by atoms with Gasteiger partial charge in [-0.1, -0.05) is 206 Å². The standard InChI is InChI=1S/C60H39N/c1-3-17-43(18-4-1)59-55-24-12-11-23-51(55)52-36-33-45(39-56(52)60(59)44-19-5-2-6-20-44)40-29-34-46(35-30-40)61(57-27-13-25-49-47-21-9-7-15-41(47)31-37-53(49)57)58-28-14-26-50-48-22-10-8-16-42(48)32-38-54(50)58/h1-39H. The minimum atomic E-state index is 1.10. The van der Waals surface area contributed by atoms with Gasteiger partial charge in [0.2, 0.25) is 0 Å². The molecule has 1 heteroatoms. The SMILES string of the molecule is c1ccc(-c2c(-c3ccccc3)c3cc(-c4ccc(N(c5cccc6c5ccc5ccccc56)c5cccc6c5ccc5ccccc56)cc4)ccc3c3ccccc23)cc1. The number of hydrogen-bond donors (Lipinski definition) is 0. The molecular weight excluding hydrogens is 735 g/mol. The van der Waals surface area contributed by atoms with Crippen LogP contribution in [0.3, 0.4) is 0 Å². The quantitative estimate of drug-likeness (QED) is 0.152. The van der Waals surface area contributed by atoms with E-state index in [0.29, 0.717) is 0 Å². The second-order valence-corrected chi connectivity index (χ2v) is 16.0. The van der Waals surface area contributed by atoms with Crippen molar-refractivity contribution in [1.82, 2.24) is 0 Å². The van der Waals surface area contributed by atoms with Gasteiger partial charge in [-0.3, -0.25) is 0 Å². The Morgan fingerprint density at radius 2 is 0.623 bits per heavy atom. The molecule has 12 aromatic carbocycles. The summed E-state index contributed by atoms with van der Waals surface area (Å²) in [6, 6.07) is 86.9. The van der Waals surface area contributed by atoms with Crippen molar-refractivity contribution in [3.05, 3.63) is 237 Å². The highest BCUT2D eigenvalue weighted by Crippen LogP contribution is 2.47. The predicted octanol–water partition coefficient (Wildman–Crippen LogP) is 17.1. The maximum absolute atomic E-state index is 2.46. The van der Waals surface area contributed by atoms with Gasteiger partial charge in [0.15, 0.2) is 0 Å². The van der Waals surface area contributed by atoms with Gasteiger partial charge in [-0.2, -0.15) is 0 Å². The average molecular weight is 774 g/mol. The third-order valence-electron chi connectivity index (χ3n) is 12.6. The van der Waals surface area contributed by atoms with Gasteiger partial charge in [0.1, 0.15) is 0 Å². The summed E-state index contributed by atoms with van der Waals surface area (Å²) in [5.41, 5.74) is 10.7. The van der Waals surface area contributed by atoms with Crippen molar-refractivity contribution >= 4 is 81.7 Å².